The highest BCUT2D eigenvalue weighted by molar-refractivity contribution is 7.09. The average Bonchev–Trinajstić information content (AvgIpc) is 2.89. The Morgan fingerprint density at radius 1 is 1.25 bits per heavy atom. The number of likely N-dealkylation sites (N-methyl/N-ethyl adjacent to an activating group) is 1. The first kappa shape index (κ1) is 13.2. The van der Waals surface area contributed by atoms with E-state index in [4.69, 9.17) is 0 Å². The van der Waals surface area contributed by atoms with Crippen molar-refractivity contribution in [3.63, 3.8) is 0 Å². The highest BCUT2D eigenvalue weighted by Crippen LogP contribution is 2.25. The lowest BCUT2D eigenvalue weighted by Crippen LogP contribution is -2.19. The van der Waals surface area contributed by atoms with Gasteiger partial charge in [0.15, 0.2) is 0 Å². The van der Waals surface area contributed by atoms with Crippen molar-refractivity contribution in [2.45, 2.75) is 19.4 Å². The zero-order chi connectivity index (χ0) is 13.9. The van der Waals surface area contributed by atoms with Gasteiger partial charge in [0.25, 0.3) is 0 Å². The molecular weight excluding hydrogens is 266 g/mol. The second-order valence-corrected chi connectivity index (χ2v) is 5.92. The molecule has 1 atom stereocenters. The summed E-state index contributed by atoms with van der Waals surface area (Å²) in [5, 5.41) is 9.09. The maximum absolute atomic E-state index is 4.56. The lowest BCUT2D eigenvalue weighted by molar-refractivity contribution is 0.588. The molecule has 3 nitrogen and oxygen atoms in total. The third kappa shape index (κ3) is 2.57. The summed E-state index contributed by atoms with van der Waals surface area (Å²) < 4.78 is 0. The second kappa shape index (κ2) is 5.69. The van der Waals surface area contributed by atoms with Crippen molar-refractivity contribution in [1.82, 2.24) is 15.3 Å². The Labute approximate surface area is 122 Å². The topological polar surface area (TPSA) is 37.8 Å². The fraction of sp³-hybridized carbons (Fsp3) is 0.250. The monoisotopic (exact) mass is 283 g/mol. The summed E-state index contributed by atoms with van der Waals surface area (Å²) in [6.07, 6.45) is 4.76. The van der Waals surface area contributed by atoms with Gasteiger partial charge in [-0.25, -0.2) is 4.98 Å². The number of hydrogen-bond donors (Lipinski definition) is 1. The molecule has 3 rings (SSSR count). The molecule has 20 heavy (non-hydrogen) atoms. The van der Waals surface area contributed by atoms with Crippen molar-refractivity contribution < 1.29 is 0 Å². The number of rotatable bonds is 4. The average molecular weight is 283 g/mol. The van der Waals surface area contributed by atoms with Gasteiger partial charge in [-0.1, -0.05) is 24.3 Å². The van der Waals surface area contributed by atoms with Crippen molar-refractivity contribution in [3.05, 3.63) is 58.3 Å². The first-order chi connectivity index (χ1) is 9.78. The molecule has 0 radical (unpaired) electrons. The molecule has 4 heteroatoms. The van der Waals surface area contributed by atoms with Gasteiger partial charge in [-0.15, -0.1) is 11.3 Å². The Morgan fingerprint density at radius 2 is 2.10 bits per heavy atom. The van der Waals surface area contributed by atoms with E-state index in [1.165, 1.54) is 16.3 Å². The Bertz CT molecular complexity index is 715. The number of aromatic nitrogens is 2. The van der Waals surface area contributed by atoms with E-state index < -0.39 is 0 Å². The van der Waals surface area contributed by atoms with Crippen LogP contribution in [0.5, 0.6) is 0 Å². The number of benzene rings is 1. The number of fused-ring (bicyclic) bond motifs is 1. The largest absolute Gasteiger partial charge is 0.313 e. The fourth-order valence-electron chi connectivity index (χ4n) is 2.50. The lowest BCUT2D eigenvalue weighted by Gasteiger charge is -2.17. The number of aryl methyl sites for hydroxylation is 1. The third-order valence-electron chi connectivity index (χ3n) is 3.50. The standard InChI is InChI=1S/C16H17N3S/c1-11-19-13(10-20-11)7-16(17-2)15-9-18-8-12-5-3-4-6-14(12)15/h3-6,8-10,16-17H,7H2,1-2H3. The molecule has 0 bridgehead atoms. The predicted molar refractivity (Wildman–Crippen MR) is 84.1 cm³/mol. The van der Waals surface area contributed by atoms with Crippen LogP contribution in [0.2, 0.25) is 0 Å². The highest BCUT2D eigenvalue weighted by Gasteiger charge is 2.15. The SMILES string of the molecule is CNC(Cc1csc(C)n1)c1cncc2ccccc12. The second-order valence-electron chi connectivity index (χ2n) is 4.85. The highest BCUT2D eigenvalue weighted by atomic mass is 32.1. The van der Waals surface area contributed by atoms with E-state index in [2.05, 4.69) is 38.9 Å². The Hall–Kier alpha value is -1.78. The summed E-state index contributed by atoms with van der Waals surface area (Å²) >= 11 is 1.70. The van der Waals surface area contributed by atoms with Crippen LogP contribution in [-0.4, -0.2) is 17.0 Å². The van der Waals surface area contributed by atoms with E-state index in [0.29, 0.717) is 0 Å². The smallest absolute Gasteiger partial charge is 0.0897 e. The van der Waals surface area contributed by atoms with E-state index in [1.54, 1.807) is 11.3 Å². The molecular formula is C16H17N3S. The number of hydrogen-bond acceptors (Lipinski definition) is 4. The molecule has 102 valence electrons. The quantitative estimate of drug-likeness (QED) is 0.796. The van der Waals surface area contributed by atoms with Crippen LogP contribution in [0.25, 0.3) is 10.8 Å². The summed E-state index contributed by atoms with van der Waals surface area (Å²) in [5.74, 6) is 0. The van der Waals surface area contributed by atoms with Gasteiger partial charge in [-0.3, -0.25) is 4.98 Å². The van der Waals surface area contributed by atoms with Crippen molar-refractivity contribution in [2.75, 3.05) is 7.05 Å². The van der Waals surface area contributed by atoms with Gasteiger partial charge in [0.2, 0.25) is 0 Å². The molecule has 0 amide bonds. The van der Waals surface area contributed by atoms with Gasteiger partial charge in [0, 0.05) is 35.6 Å². The van der Waals surface area contributed by atoms with Crippen LogP contribution in [0.1, 0.15) is 22.3 Å². The van der Waals surface area contributed by atoms with Gasteiger partial charge < -0.3 is 5.32 Å². The van der Waals surface area contributed by atoms with Crippen LogP contribution in [-0.2, 0) is 6.42 Å². The molecule has 0 aliphatic heterocycles. The van der Waals surface area contributed by atoms with E-state index in [1.807, 2.05) is 32.4 Å². The minimum absolute atomic E-state index is 0.232. The summed E-state index contributed by atoms with van der Waals surface area (Å²) in [5.41, 5.74) is 2.37. The maximum Gasteiger partial charge on any atom is 0.0897 e. The molecule has 0 saturated heterocycles. The summed E-state index contributed by atoms with van der Waals surface area (Å²) in [6, 6.07) is 8.61. The molecule has 1 unspecified atom stereocenters. The van der Waals surface area contributed by atoms with Crippen LogP contribution >= 0.6 is 11.3 Å². The third-order valence-corrected chi connectivity index (χ3v) is 4.33. The Balaban J connectivity index is 1.98. The predicted octanol–water partition coefficient (Wildman–Crippen LogP) is 3.50. The normalized spacial score (nSPS) is 12.7. The summed E-state index contributed by atoms with van der Waals surface area (Å²) in [7, 11) is 1.99. The molecule has 0 spiro atoms. The Kier molecular flexibility index (Phi) is 3.76. The first-order valence-electron chi connectivity index (χ1n) is 6.69. The zero-order valence-corrected chi connectivity index (χ0v) is 12.4. The van der Waals surface area contributed by atoms with E-state index in [0.717, 1.165) is 17.1 Å². The van der Waals surface area contributed by atoms with Crippen molar-refractivity contribution in [2.24, 2.45) is 0 Å². The fourth-order valence-corrected chi connectivity index (χ4v) is 3.12. The molecule has 2 heterocycles. The minimum atomic E-state index is 0.232. The number of thiazole rings is 1. The van der Waals surface area contributed by atoms with Crippen LogP contribution in [0, 0.1) is 6.92 Å². The van der Waals surface area contributed by atoms with Crippen LogP contribution in [0.15, 0.2) is 42.0 Å². The number of pyridine rings is 1. The minimum Gasteiger partial charge on any atom is -0.313 e. The molecule has 1 aromatic carbocycles. The van der Waals surface area contributed by atoms with E-state index >= 15 is 0 Å². The van der Waals surface area contributed by atoms with Gasteiger partial charge in [-0.2, -0.15) is 0 Å². The van der Waals surface area contributed by atoms with Gasteiger partial charge >= 0.3 is 0 Å². The molecule has 2 aromatic heterocycles. The molecule has 0 fully saturated rings. The molecule has 0 aliphatic rings. The lowest BCUT2D eigenvalue weighted by atomic mass is 9.98. The van der Waals surface area contributed by atoms with E-state index in [-0.39, 0.29) is 6.04 Å². The van der Waals surface area contributed by atoms with Crippen LogP contribution in [0.3, 0.4) is 0 Å². The van der Waals surface area contributed by atoms with Crippen LogP contribution in [0.4, 0.5) is 0 Å². The van der Waals surface area contributed by atoms with Crippen molar-refractivity contribution in [3.8, 4) is 0 Å². The van der Waals surface area contributed by atoms with Gasteiger partial charge in [0.05, 0.1) is 10.7 Å². The molecule has 0 aliphatic carbocycles. The van der Waals surface area contributed by atoms with Crippen molar-refractivity contribution >= 4 is 22.1 Å². The van der Waals surface area contributed by atoms with E-state index in [9.17, 15) is 0 Å². The van der Waals surface area contributed by atoms with Gasteiger partial charge in [0.1, 0.15) is 0 Å². The van der Waals surface area contributed by atoms with Gasteiger partial charge in [-0.05, 0) is 24.9 Å². The molecule has 3 aromatic rings. The maximum atomic E-state index is 4.56. The zero-order valence-electron chi connectivity index (χ0n) is 11.6. The molecule has 1 N–H and O–H groups in total. The molecule has 0 saturated carbocycles. The number of nitrogens with zero attached hydrogens (tertiary/aromatic N) is 2. The van der Waals surface area contributed by atoms with Crippen LogP contribution < -0.4 is 5.32 Å². The Morgan fingerprint density at radius 3 is 2.85 bits per heavy atom. The first-order valence-corrected chi connectivity index (χ1v) is 7.57. The van der Waals surface area contributed by atoms with Crippen molar-refractivity contribution in [1.29, 1.82) is 0 Å². The summed E-state index contributed by atoms with van der Waals surface area (Å²) in [6.45, 7) is 2.04. The number of nitrogens with one attached hydrogen (secondary N) is 1. The summed E-state index contributed by atoms with van der Waals surface area (Å²) in [4.78, 5) is 8.93.